The van der Waals surface area contributed by atoms with Gasteiger partial charge < -0.3 is 14.8 Å². The van der Waals surface area contributed by atoms with Crippen molar-refractivity contribution in [2.45, 2.75) is 19.6 Å². The lowest BCUT2D eigenvalue weighted by atomic mass is 9.96. The molecule has 0 radical (unpaired) electrons. The van der Waals surface area contributed by atoms with E-state index in [0.717, 1.165) is 34.6 Å². The van der Waals surface area contributed by atoms with Crippen molar-refractivity contribution < 1.29 is 14.3 Å². The topological polar surface area (TPSA) is 47.6 Å². The molecule has 0 aliphatic carbocycles. The van der Waals surface area contributed by atoms with Crippen LogP contribution in [0.4, 0.5) is 0 Å². The number of para-hydroxylation sites is 2. The molecule has 4 nitrogen and oxygen atoms in total. The molecule has 0 spiro atoms. The van der Waals surface area contributed by atoms with Gasteiger partial charge in [-0.2, -0.15) is 0 Å². The Labute approximate surface area is 165 Å². The summed E-state index contributed by atoms with van der Waals surface area (Å²) >= 11 is 0. The van der Waals surface area contributed by atoms with Gasteiger partial charge in [0.05, 0.1) is 5.92 Å². The third-order valence-electron chi connectivity index (χ3n) is 4.89. The van der Waals surface area contributed by atoms with Gasteiger partial charge in [0.2, 0.25) is 5.91 Å². The van der Waals surface area contributed by atoms with Crippen LogP contribution in [-0.4, -0.2) is 12.5 Å². The summed E-state index contributed by atoms with van der Waals surface area (Å²) in [5.41, 5.74) is 3.25. The van der Waals surface area contributed by atoms with Gasteiger partial charge in [-0.15, -0.1) is 0 Å². The number of fused-ring (bicyclic) bond motifs is 1. The molecule has 4 heteroatoms. The lowest BCUT2D eigenvalue weighted by Gasteiger charge is -2.24. The molecular formula is C24H23NO3. The van der Waals surface area contributed by atoms with Gasteiger partial charge in [-0.1, -0.05) is 60.7 Å². The molecule has 0 fully saturated rings. The van der Waals surface area contributed by atoms with Crippen LogP contribution in [0.15, 0.2) is 78.9 Å². The second-order valence-corrected chi connectivity index (χ2v) is 6.96. The molecule has 1 atom stereocenters. The first-order chi connectivity index (χ1) is 13.8. The van der Waals surface area contributed by atoms with Gasteiger partial charge in [-0.25, -0.2) is 0 Å². The number of rotatable bonds is 6. The smallest absolute Gasteiger partial charge is 0.227 e. The molecule has 28 heavy (non-hydrogen) atoms. The van der Waals surface area contributed by atoms with Crippen LogP contribution in [0.5, 0.6) is 11.5 Å². The molecule has 1 unspecified atom stereocenters. The summed E-state index contributed by atoms with van der Waals surface area (Å²) in [5.74, 6) is 1.63. The number of hydrogen-bond donors (Lipinski definition) is 1. The molecule has 1 N–H and O–H groups in total. The van der Waals surface area contributed by atoms with E-state index in [9.17, 15) is 4.79 Å². The zero-order valence-corrected chi connectivity index (χ0v) is 15.6. The van der Waals surface area contributed by atoms with Gasteiger partial charge in [-0.05, 0) is 41.3 Å². The van der Waals surface area contributed by atoms with Crippen LogP contribution < -0.4 is 14.8 Å². The Hall–Kier alpha value is -3.27. The van der Waals surface area contributed by atoms with Crippen molar-refractivity contribution in [3.05, 3.63) is 95.6 Å². The van der Waals surface area contributed by atoms with Gasteiger partial charge in [0, 0.05) is 6.54 Å². The second kappa shape index (κ2) is 8.61. The van der Waals surface area contributed by atoms with E-state index in [-0.39, 0.29) is 11.8 Å². The van der Waals surface area contributed by atoms with Crippen LogP contribution >= 0.6 is 0 Å². The zero-order valence-electron chi connectivity index (χ0n) is 15.6. The maximum atomic E-state index is 12.5. The standard InChI is InChI=1S/C24H23NO3/c26-24(21-14-20-6-4-5-9-23(20)28-17-21)25-15-18-10-12-19(13-11-18)16-27-22-7-2-1-3-8-22/h1-13,21H,14-17H2,(H,25,26). The van der Waals surface area contributed by atoms with Gasteiger partial charge in [0.15, 0.2) is 0 Å². The maximum absolute atomic E-state index is 12.5. The molecule has 1 amide bonds. The number of benzene rings is 3. The van der Waals surface area contributed by atoms with E-state index in [4.69, 9.17) is 9.47 Å². The summed E-state index contributed by atoms with van der Waals surface area (Å²) in [4.78, 5) is 12.5. The highest BCUT2D eigenvalue weighted by molar-refractivity contribution is 5.79. The summed E-state index contributed by atoms with van der Waals surface area (Å²) in [5, 5.41) is 3.03. The minimum atomic E-state index is -0.145. The monoisotopic (exact) mass is 373 g/mol. The molecule has 0 saturated carbocycles. The van der Waals surface area contributed by atoms with Crippen molar-refractivity contribution in [1.82, 2.24) is 5.32 Å². The van der Waals surface area contributed by atoms with E-state index in [2.05, 4.69) is 5.32 Å². The van der Waals surface area contributed by atoms with Gasteiger partial charge in [-0.3, -0.25) is 4.79 Å². The summed E-state index contributed by atoms with van der Waals surface area (Å²) in [6.07, 6.45) is 0.720. The Bertz CT molecular complexity index is 922. The highest BCUT2D eigenvalue weighted by atomic mass is 16.5. The van der Waals surface area contributed by atoms with Crippen LogP contribution in [0.2, 0.25) is 0 Å². The molecular weight excluding hydrogens is 350 g/mol. The number of nitrogens with one attached hydrogen (secondary N) is 1. The third kappa shape index (κ3) is 4.52. The molecule has 3 aromatic carbocycles. The van der Waals surface area contributed by atoms with Crippen molar-refractivity contribution in [1.29, 1.82) is 0 Å². The minimum Gasteiger partial charge on any atom is -0.492 e. The summed E-state index contributed by atoms with van der Waals surface area (Å²) in [6.45, 7) is 1.46. The summed E-state index contributed by atoms with van der Waals surface area (Å²) in [7, 11) is 0. The van der Waals surface area contributed by atoms with E-state index in [1.807, 2.05) is 78.9 Å². The molecule has 0 saturated heterocycles. The Morgan fingerprint density at radius 1 is 0.929 bits per heavy atom. The van der Waals surface area contributed by atoms with Gasteiger partial charge in [0.1, 0.15) is 24.7 Å². The van der Waals surface area contributed by atoms with E-state index in [1.54, 1.807) is 0 Å². The highest BCUT2D eigenvalue weighted by Crippen LogP contribution is 2.26. The summed E-state index contributed by atoms with van der Waals surface area (Å²) in [6, 6.07) is 25.8. The first-order valence-corrected chi connectivity index (χ1v) is 9.52. The minimum absolute atomic E-state index is 0.0333. The first kappa shape index (κ1) is 18.1. The average Bonchev–Trinajstić information content (AvgIpc) is 2.77. The molecule has 0 bridgehead atoms. The predicted molar refractivity (Wildman–Crippen MR) is 108 cm³/mol. The van der Waals surface area contributed by atoms with Crippen LogP contribution in [0.25, 0.3) is 0 Å². The lowest BCUT2D eigenvalue weighted by Crippen LogP contribution is -2.37. The lowest BCUT2D eigenvalue weighted by molar-refractivity contribution is -0.126. The fourth-order valence-electron chi connectivity index (χ4n) is 3.27. The van der Waals surface area contributed by atoms with Crippen molar-refractivity contribution in [3.8, 4) is 11.5 Å². The normalized spacial score (nSPS) is 15.2. The average molecular weight is 373 g/mol. The van der Waals surface area contributed by atoms with Crippen LogP contribution in [-0.2, 0) is 24.4 Å². The second-order valence-electron chi connectivity index (χ2n) is 6.96. The van der Waals surface area contributed by atoms with Crippen LogP contribution in [0.1, 0.15) is 16.7 Å². The van der Waals surface area contributed by atoms with Crippen molar-refractivity contribution >= 4 is 5.91 Å². The van der Waals surface area contributed by atoms with E-state index < -0.39 is 0 Å². The predicted octanol–water partition coefficient (Wildman–Crippen LogP) is 4.13. The maximum Gasteiger partial charge on any atom is 0.227 e. The number of carbonyl (C=O) groups excluding carboxylic acids is 1. The largest absolute Gasteiger partial charge is 0.492 e. The third-order valence-corrected chi connectivity index (χ3v) is 4.89. The van der Waals surface area contributed by atoms with Crippen molar-refractivity contribution in [2.24, 2.45) is 5.92 Å². The number of hydrogen-bond acceptors (Lipinski definition) is 3. The fourth-order valence-corrected chi connectivity index (χ4v) is 3.27. The van der Waals surface area contributed by atoms with E-state index in [0.29, 0.717) is 19.8 Å². The SMILES string of the molecule is O=C(NCc1ccc(COc2ccccc2)cc1)C1COc2ccccc2C1. The molecule has 1 heterocycles. The van der Waals surface area contributed by atoms with Gasteiger partial charge in [0.25, 0.3) is 0 Å². The zero-order chi connectivity index (χ0) is 19.2. The van der Waals surface area contributed by atoms with E-state index >= 15 is 0 Å². The molecule has 4 rings (SSSR count). The highest BCUT2D eigenvalue weighted by Gasteiger charge is 2.25. The van der Waals surface area contributed by atoms with Crippen LogP contribution in [0, 0.1) is 5.92 Å². The molecule has 1 aliphatic heterocycles. The van der Waals surface area contributed by atoms with Crippen LogP contribution in [0.3, 0.4) is 0 Å². The molecule has 1 aliphatic rings. The van der Waals surface area contributed by atoms with E-state index in [1.165, 1.54) is 0 Å². The van der Waals surface area contributed by atoms with Gasteiger partial charge >= 0.3 is 0 Å². The number of amides is 1. The summed E-state index contributed by atoms with van der Waals surface area (Å²) < 4.78 is 11.5. The Balaban J connectivity index is 1.26. The molecule has 3 aromatic rings. The molecule has 0 aromatic heterocycles. The quantitative estimate of drug-likeness (QED) is 0.707. The fraction of sp³-hybridized carbons (Fsp3) is 0.208. The van der Waals surface area contributed by atoms with Crippen molar-refractivity contribution in [2.75, 3.05) is 6.61 Å². The molecule has 142 valence electrons. The Kier molecular flexibility index (Phi) is 5.57. The van der Waals surface area contributed by atoms with Crippen molar-refractivity contribution in [3.63, 3.8) is 0 Å². The Morgan fingerprint density at radius 2 is 1.64 bits per heavy atom. The number of ether oxygens (including phenoxy) is 2. The Morgan fingerprint density at radius 3 is 2.46 bits per heavy atom. The first-order valence-electron chi connectivity index (χ1n) is 9.52. The number of carbonyl (C=O) groups is 1.